The minimum atomic E-state index is -0.171. The number of fused-ring (bicyclic) bond motifs is 5. The van der Waals surface area contributed by atoms with Crippen LogP contribution in [0, 0.1) is 43.4 Å². The molecular weight excluding hydrogens is 807 g/mol. The van der Waals surface area contributed by atoms with E-state index in [1.165, 1.54) is 44.5 Å². The number of aryl methyl sites for hydroxylation is 2. The Kier molecular flexibility index (Phi) is 10.2. The van der Waals surface area contributed by atoms with E-state index in [-0.39, 0.29) is 22.7 Å². The van der Waals surface area contributed by atoms with Crippen LogP contribution < -0.4 is 0 Å². The van der Waals surface area contributed by atoms with Crippen molar-refractivity contribution in [2.75, 3.05) is 0 Å². The molecule has 0 bridgehead atoms. The molecule has 2 atom stereocenters. The Morgan fingerprint density at radius 3 is 1.94 bits per heavy atom. The summed E-state index contributed by atoms with van der Waals surface area (Å²) in [5, 5.41) is 22.6. The highest BCUT2D eigenvalue weighted by atomic mass is 15.2. The van der Waals surface area contributed by atoms with Gasteiger partial charge in [0.1, 0.15) is 0 Å². The predicted octanol–water partition coefficient (Wildman–Crippen LogP) is 13.8. The third kappa shape index (κ3) is 7.39. The molecule has 7 nitrogen and oxygen atoms in total. The van der Waals surface area contributed by atoms with Crippen molar-refractivity contribution in [3.05, 3.63) is 188 Å². The lowest BCUT2D eigenvalue weighted by molar-refractivity contribution is 0.570. The number of hydrogen-bond acceptors (Lipinski definition) is 6. The minimum absolute atomic E-state index is 0.00924. The molecule has 3 aromatic heterocycles. The first kappa shape index (κ1) is 42.5. The second-order valence-corrected chi connectivity index (χ2v) is 20.4. The van der Waals surface area contributed by atoms with Crippen molar-refractivity contribution in [1.82, 2.24) is 24.5 Å². The van der Waals surface area contributed by atoms with Crippen LogP contribution in [-0.2, 0) is 17.3 Å². The van der Waals surface area contributed by atoms with Crippen molar-refractivity contribution >= 4 is 27.4 Å². The van der Waals surface area contributed by atoms with Gasteiger partial charge in [0.05, 0.1) is 40.5 Å². The summed E-state index contributed by atoms with van der Waals surface area (Å²) in [7, 11) is 0. The van der Waals surface area contributed by atoms with Crippen LogP contribution in [0.3, 0.4) is 0 Å². The van der Waals surface area contributed by atoms with E-state index in [9.17, 15) is 10.5 Å². The second-order valence-electron chi connectivity index (χ2n) is 20.4. The summed E-state index contributed by atoms with van der Waals surface area (Å²) in [6.07, 6.45) is 8.28. The zero-order chi connectivity index (χ0) is 46.2. The molecule has 0 spiro atoms. The van der Waals surface area contributed by atoms with Crippen molar-refractivity contribution in [3.63, 3.8) is 0 Å². The van der Waals surface area contributed by atoms with Gasteiger partial charge in [-0.25, -0.2) is 4.98 Å². The van der Waals surface area contributed by atoms with Crippen LogP contribution in [0.2, 0.25) is 0 Å². The number of rotatable bonds is 5. The standard InChI is InChI=1S/C59H53N7/c1-34-10-14-37(15-11-34)55-63-56(38-16-12-35(2)13-17-38)65-57(64-55)66-52-25-21-40(27-49(52)50-30-54(59(7,8)9)62-33-53(50)66)39-19-23-44-47(45-24-20-42(31-60)36(3)51(45)32-61)28-41-18-22-43(58(4,5)6)29-46(41)48(44)26-39/h10-25,27,29-30,33,39,47H,26,28H2,1-9H3. The molecule has 8 aromatic rings. The first-order chi connectivity index (χ1) is 31.6. The summed E-state index contributed by atoms with van der Waals surface area (Å²) >= 11 is 0. The summed E-state index contributed by atoms with van der Waals surface area (Å²) in [5.41, 5.74) is 17.5. The van der Waals surface area contributed by atoms with Crippen LogP contribution >= 0.6 is 0 Å². The maximum Gasteiger partial charge on any atom is 0.238 e. The van der Waals surface area contributed by atoms with Crippen molar-refractivity contribution in [3.8, 4) is 40.9 Å². The lowest BCUT2D eigenvalue weighted by Gasteiger charge is -2.35. The fourth-order valence-corrected chi connectivity index (χ4v) is 9.87. The number of allylic oxidation sites excluding steroid dienone is 4. The second kappa shape index (κ2) is 15.9. The average Bonchev–Trinajstić information content (AvgIpc) is 3.63. The quantitative estimate of drug-likeness (QED) is 0.171. The third-order valence-corrected chi connectivity index (χ3v) is 13.8. The molecule has 10 rings (SSSR count). The molecule has 0 fully saturated rings. The molecular formula is C59H53N7. The van der Waals surface area contributed by atoms with Crippen molar-refractivity contribution in [2.24, 2.45) is 0 Å². The molecule has 2 unspecified atom stereocenters. The highest BCUT2D eigenvalue weighted by Crippen LogP contribution is 2.50. The molecule has 324 valence electrons. The van der Waals surface area contributed by atoms with Gasteiger partial charge in [-0.05, 0) is 108 Å². The highest BCUT2D eigenvalue weighted by molar-refractivity contribution is 6.09. The summed E-state index contributed by atoms with van der Waals surface area (Å²) in [6, 6.07) is 41.5. The zero-order valence-electron chi connectivity index (χ0n) is 39.2. The SMILES string of the molecule is Cc1ccc(-c2nc(-c3ccc(C)cc3)nc(-n3c4ccc(C5C=CC6=C(C5)c5cc(C(C)(C)C)ccc5CC6c5ccc(C#N)c(C)c5C#N)cc4c4cc(C(C)(C)C)ncc43)n2)cc1. The fraction of sp³-hybridized carbons (Fsp3) is 0.254. The number of hydrogen-bond donors (Lipinski definition) is 0. The van der Waals surface area contributed by atoms with E-state index in [2.05, 4.69) is 175 Å². The largest absolute Gasteiger partial charge is 0.276 e. The topological polar surface area (TPSA) is 104 Å². The van der Waals surface area contributed by atoms with E-state index in [1.54, 1.807) is 0 Å². The Hall–Kier alpha value is -7.48. The monoisotopic (exact) mass is 859 g/mol. The summed E-state index contributed by atoms with van der Waals surface area (Å²) in [6.45, 7) is 19.5. The summed E-state index contributed by atoms with van der Waals surface area (Å²) in [4.78, 5) is 20.5. The van der Waals surface area contributed by atoms with E-state index < -0.39 is 0 Å². The van der Waals surface area contributed by atoms with Crippen LogP contribution in [0.1, 0.15) is 121 Å². The minimum Gasteiger partial charge on any atom is -0.276 e. The Labute approximate surface area is 387 Å². The lowest BCUT2D eigenvalue weighted by Crippen LogP contribution is -2.20. The van der Waals surface area contributed by atoms with E-state index in [0.29, 0.717) is 28.7 Å². The molecule has 0 saturated carbocycles. The molecule has 3 heterocycles. The van der Waals surface area contributed by atoms with Gasteiger partial charge in [0.25, 0.3) is 0 Å². The molecule has 0 saturated heterocycles. The molecule has 0 amide bonds. The van der Waals surface area contributed by atoms with E-state index >= 15 is 0 Å². The molecule has 0 radical (unpaired) electrons. The van der Waals surface area contributed by atoms with Crippen LogP contribution in [0.15, 0.2) is 127 Å². The van der Waals surface area contributed by atoms with Gasteiger partial charge >= 0.3 is 0 Å². The first-order valence-electron chi connectivity index (χ1n) is 22.9. The van der Waals surface area contributed by atoms with Gasteiger partial charge in [0, 0.05) is 44.8 Å². The number of pyridine rings is 1. The number of nitriles is 2. The van der Waals surface area contributed by atoms with Crippen LogP contribution in [0.5, 0.6) is 0 Å². The number of nitrogens with zero attached hydrogens (tertiary/aromatic N) is 7. The molecule has 7 heteroatoms. The van der Waals surface area contributed by atoms with E-state index in [0.717, 1.165) is 62.6 Å². The van der Waals surface area contributed by atoms with Gasteiger partial charge in [-0.15, -0.1) is 0 Å². The zero-order valence-corrected chi connectivity index (χ0v) is 39.2. The number of aromatic nitrogens is 5. The van der Waals surface area contributed by atoms with Gasteiger partial charge in [0.15, 0.2) is 11.6 Å². The van der Waals surface area contributed by atoms with E-state index in [1.807, 2.05) is 25.3 Å². The van der Waals surface area contributed by atoms with Gasteiger partial charge in [-0.3, -0.25) is 9.55 Å². The smallest absolute Gasteiger partial charge is 0.238 e. The average molecular weight is 860 g/mol. The highest BCUT2D eigenvalue weighted by Gasteiger charge is 2.34. The maximum absolute atomic E-state index is 10.5. The predicted molar refractivity (Wildman–Crippen MR) is 267 cm³/mol. The van der Waals surface area contributed by atoms with E-state index in [4.69, 9.17) is 19.9 Å². The van der Waals surface area contributed by atoms with Crippen LogP contribution in [0.4, 0.5) is 0 Å². The third-order valence-electron chi connectivity index (χ3n) is 13.8. The van der Waals surface area contributed by atoms with Crippen LogP contribution in [0.25, 0.3) is 56.1 Å². The van der Waals surface area contributed by atoms with Gasteiger partial charge in [-0.2, -0.15) is 20.5 Å². The Morgan fingerprint density at radius 2 is 1.32 bits per heavy atom. The molecule has 66 heavy (non-hydrogen) atoms. The van der Waals surface area contributed by atoms with Gasteiger partial charge < -0.3 is 0 Å². The Balaban J connectivity index is 1.14. The molecule has 0 N–H and O–H groups in total. The molecule has 2 aliphatic rings. The van der Waals surface area contributed by atoms with Crippen LogP contribution in [-0.4, -0.2) is 24.5 Å². The van der Waals surface area contributed by atoms with Gasteiger partial charge in [-0.1, -0.05) is 144 Å². The fourth-order valence-electron chi connectivity index (χ4n) is 9.87. The van der Waals surface area contributed by atoms with Crippen molar-refractivity contribution < 1.29 is 0 Å². The number of benzene rings is 5. The normalized spacial score (nSPS) is 16.0. The molecule has 5 aromatic carbocycles. The Morgan fingerprint density at radius 1 is 0.652 bits per heavy atom. The van der Waals surface area contributed by atoms with Crippen molar-refractivity contribution in [1.29, 1.82) is 10.5 Å². The Bertz CT molecular complexity index is 3360. The first-order valence-corrected chi connectivity index (χ1v) is 22.9. The summed E-state index contributed by atoms with van der Waals surface area (Å²) < 4.78 is 2.16. The molecule has 2 aliphatic carbocycles. The lowest BCUT2D eigenvalue weighted by atomic mass is 9.68. The van der Waals surface area contributed by atoms with Gasteiger partial charge in [0.2, 0.25) is 5.95 Å². The summed E-state index contributed by atoms with van der Waals surface area (Å²) in [5.74, 6) is 1.84. The maximum atomic E-state index is 10.5. The van der Waals surface area contributed by atoms with Crippen molar-refractivity contribution in [2.45, 2.75) is 97.8 Å². The molecule has 0 aliphatic heterocycles.